The molecule has 2 fully saturated rings. The Morgan fingerprint density at radius 2 is 1.93 bits per heavy atom. The van der Waals surface area contributed by atoms with Gasteiger partial charge in [0.25, 0.3) is 0 Å². The molecule has 2 nitrogen and oxygen atoms in total. The van der Waals surface area contributed by atoms with Crippen LogP contribution in [0.15, 0.2) is 30.3 Å². The molecule has 0 aromatic heterocycles. The molecule has 2 aliphatic rings. The van der Waals surface area contributed by atoms with Crippen LogP contribution in [0, 0.1) is 0 Å². The summed E-state index contributed by atoms with van der Waals surface area (Å²) in [5.41, 5.74) is 1.29. The second-order valence-corrected chi connectivity index (χ2v) is 4.69. The molecule has 0 N–H and O–H groups in total. The molecule has 2 atom stereocenters. The van der Waals surface area contributed by atoms with E-state index in [2.05, 4.69) is 19.1 Å². The second-order valence-electron chi connectivity index (χ2n) is 4.69. The van der Waals surface area contributed by atoms with Crippen molar-refractivity contribution in [2.24, 2.45) is 0 Å². The second kappa shape index (κ2) is 3.32. The molecule has 80 valence electrons. The van der Waals surface area contributed by atoms with Gasteiger partial charge in [-0.15, -0.1) is 0 Å². The van der Waals surface area contributed by atoms with Crippen molar-refractivity contribution in [2.45, 2.75) is 44.2 Å². The largest absolute Gasteiger partial charge is 0.345 e. The first kappa shape index (κ1) is 9.37. The Labute approximate surface area is 90.2 Å². The van der Waals surface area contributed by atoms with E-state index in [4.69, 9.17) is 9.47 Å². The van der Waals surface area contributed by atoms with Gasteiger partial charge in [-0.3, -0.25) is 0 Å². The van der Waals surface area contributed by atoms with E-state index >= 15 is 0 Å². The zero-order valence-electron chi connectivity index (χ0n) is 8.98. The van der Waals surface area contributed by atoms with Gasteiger partial charge in [0.15, 0.2) is 6.29 Å². The topological polar surface area (TPSA) is 18.5 Å². The molecule has 15 heavy (non-hydrogen) atoms. The summed E-state index contributed by atoms with van der Waals surface area (Å²) in [6, 6.07) is 10.2. The molecular formula is C13H16O2. The number of hydrogen-bond donors (Lipinski definition) is 0. The van der Waals surface area contributed by atoms with Gasteiger partial charge in [0.05, 0.1) is 11.7 Å². The minimum atomic E-state index is -0.155. The van der Waals surface area contributed by atoms with E-state index in [1.54, 1.807) is 0 Å². The highest BCUT2D eigenvalue weighted by molar-refractivity contribution is 5.17. The van der Waals surface area contributed by atoms with Crippen LogP contribution < -0.4 is 0 Å². The highest BCUT2D eigenvalue weighted by Gasteiger charge is 2.50. The molecule has 1 aromatic rings. The van der Waals surface area contributed by atoms with Gasteiger partial charge in [-0.05, 0) is 19.8 Å². The SMILES string of the molecule is C[C@H]1CC2(CC2)O[C@@H](c2ccccc2)O1. The zero-order valence-corrected chi connectivity index (χ0v) is 8.98. The molecule has 1 aliphatic heterocycles. The van der Waals surface area contributed by atoms with Gasteiger partial charge in [-0.2, -0.15) is 0 Å². The van der Waals surface area contributed by atoms with E-state index in [0.717, 1.165) is 12.0 Å². The molecule has 1 saturated carbocycles. The maximum atomic E-state index is 6.02. The lowest BCUT2D eigenvalue weighted by atomic mass is 10.1. The van der Waals surface area contributed by atoms with Crippen LogP contribution in [-0.2, 0) is 9.47 Å². The van der Waals surface area contributed by atoms with Crippen LogP contribution in [0.4, 0.5) is 0 Å². The van der Waals surface area contributed by atoms with E-state index in [1.165, 1.54) is 12.8 Å². The van der Waals surface area contributed by atoms with Crippen molar-refractivity contribution in [3.63, 3.8) is 0 Å². The molecule has 1 heterocycles. The third-order valence-corrected chi connectivity index (χ3v) is 3.25. The molecule has 3 rings (SSSR count). The van der Waals surface area contributed by atoms with Gasteiger partial charge in [-0.25, -0.2) is 0 Å². The molecule has 2 heteroatoms. The van der Waals surface area contributed by atoms with E-state index in [9.17, 15) is 0 Å². The highest BCUT2D eigenvalue weighted by atomic mass is 16.7. The van der Waals surface area contributed by atoms with Crippen molar-refractivity contribution in [1.29, 1.82) is 0 Å². The van der Waals surface area contributed by atoms with Crippen molar-refractivity contribution in [3.05, 3.63) is 35.9 Å². The number of benzene rings is 1. The van der Waals surface area contributed by atoms with Crippen molar-refractivity contribution < 1.29 is 9.47 Å². The van der Waals surface area contributed by atoms with E-state index < -0.39 is 0 Å². The Kier molecular flexibility index (Phi) is 2.08. The molecule has 0 amide bonds. The quantitative estimate of drug-likeness (QED) is 0.700. The fourth-order valence-electron chi connectivity index (χ4n) is 2.30. The predicted molar refractivity (Wildman–Crippen MR) is 57.4 cm³/mol. The molecule has 1 aromatic carbocycles. The van der Waals surface area contributed by atoms with Gasteiger partial charge in [0, 0.05) is 12.0 Å². The summed E-state index contributed by atoms with van der Waals surface area (Å²) in [7, 11) is 0. The van der Waals surface area contributed by atoms with Crippen LogP contribution >= 0.6 is 0 Å². The lowest BCUT2D eigenvalue weighted by molar-refractivity contribution is -0.254. The first-order valence-corrected chi connectivity index (χ1v) is 5.66. The van der Waals surface area contributed by atoms with Crippen LogP contribution in [-0.4, -0.2) is 11.7 Å². The molecule has 0 unspecified atom stereocenters. The minimum absolute atomic E-state index is 0.151. The first-order chi connectivity index (χ1) is 7.27. The fourth-order valence-corrected chi connectivity index (χ4v) is 2.30. The average molecular weight is 204 g/mol. The summed E-state index contributed by atoms with van der Waals surface area (Å²) in [6.45, 7) is 2.14. The van der Waals surface area contributed by atoms with Crippen molar-refractivity contribution in [3.8, 4) is 0 Å². The fraction of sp³-hybridized carbons (Fsp3) is 0.538. The van der Waals surface area contributed by atoms with Crippen LogP contribution in [0.25, 0.3) is 0 Å². The van der Waals surface area contributed by atoms with Gasteiger partial charge in [-0.1, -0.05) is 30.3 Å². The Morgan fingerprint density at radius 1 is 1.20 bits per heavy atom. The standard InChI is InChI=1S/C13H16O2/c1-10-9-13(7-8-13)15-12(14-10)11-5-3-2-4-6-11/h2-6,10,12H,7-9H2,1H3/t10-,12-/m0/s1. The van der Waals surface area contributed by atoms with Crippen LogP contribution in [0.5, 0.6) is 0 Å². The summed E-state index contributed by atoms with van der Waals surface area (Å²) >= 11 is 0. The van der Waals surface area contributed by atoms with Gasteiger partial charge < -0.3 is 9.47 Å². The normalized spacial score (nSPS) is 32.9. The maximum Gasteiger partial charge on any atom is 0.184 e. The molecular weight excluding hydrogens is 188 g/mol. The van der Waals surface area contributed by atoms with Crippen molar-refractivity contribution in [1.82, 2.24) is 0 Å². The third kappa shape index (κ3) is 1.80. The molecule has 1 saturated heterocycles. The molecule has 1 spiro atoms. The Hall–Kier alpha value is -0.860. The number of rotatable bonds is 1. The first-order valence-electron chi connectivity index (χ1n) is 5.66. The lowest BCUT2D eigenvalue weighted by Crippen LogP contribution is -2.33. The average Bonchev–Trinajstić information content (AvgIpc) is 2.97. The van der Waals surface area contributed by atoms with Crippen LogP contribution in [0.2, 0.25) is 0 Å². The van der Waals surface area contributed by atoms with E-state index in [1.807, 2.05) is 18.2 Å². The van der Waals surface area contributed by atoms with Gasteiger partial charge >= 0.3 is 0 Å². The summed E-state index contributed by atoms with van der Waals surface area (Å²) < 4.78 is 11.8. The third-order valence-electron chi connectivity index (χ3n) is 3.25. The Bertz CT molecular complexity index is 343. The zero-order chi connectivity index (χ0) is 10.3. The molecule has 0 bridgehead atoms. The Balaban J connectivity index is 1.81. The summed E-state index contributed by atoms with van der Waals surface area (Å²) in [4.78, 5) is 0. The summed E-state index contributed by atoms with van der Waals surface area (Å²) in [5.74, 6) is 0. The molecule has 1 aliphatic carbocycles. The van der Waals surface area contributed by atoms with E-state index in [0.29, 0.717) is 6.10 Å². The summed E-state index contributed by atoms with van der Waals surface area (Å²) in [5, 5.41) is 0. The lowest BCUT2D eigenvalue weighted by Gasteiger charge is -2.34. The number of hydrogen-bond acceptors (Lipinski definition) is 2. The van der Waals surface area contributed by atoms with E-state index in [-0.39, 0.29) is 11.9 Å². The minimum Gasteiger partial charge on any atom is -0.345 e. The van der Waals surface area contributed by atoms with Gasteiger partial charge in [0.2, 0.25) is 0 Å². The molecule has 0 radical (unpaired) electrons. The summed E-state index contributed by atoms with van der Waals surface area (Å²) in [6.07, 6.45) is 3.61. The highest BCUT2D eigenvalue weighted by Crippen LogP contribution is 2.50. The smallest absolute Gasteiger partial charge is 0.184 e. The van der Waals surface area contributed by atoms with Crippen LogP contribution in [0.3, 0.4) is 0 Å². The maximum absolute atomic E-state index is 6.02. The predicted octanol–water partition coefficient (Wildman–Crippen LogP) is 3.04. The van der Waals surface area contributed by atoms with Crippen molar-refractivity contribution in [2.75, 3.05) is 0 Å². The van der Waals surface area contributed by atoms with Gasteiger partial charge in [0.1, 0.15) is 0 Å². The monoisotopic (exact) mass is 204 g/mol. The Morgan fingerprint density at radius 3 is 2.60 bits per heavy atom. The van der Waals surface area contributed by atoms with Crippen LogP contribution in [0.1, 0.15) is 38.0 Å². The van der Waals surface area contributed by atoms with Crippen molar-refractivity contribution >= 4 is 0 Å². The number of ether oxygens (including phenoxy) is 2.